The van der Waals surface area contributed by atoms with Gasteiger partial charge in [-0.3, -0.25) is 14.7 Å². The molecular weight excluding hydrogens is 336 g/mol. The summed E-state index contributed by atoms with van der Waals surface area (Å²) >= 11 is 8.92. The van der Waals surface area contributed by atoms with E-state index in [1.165, 1.54) is 15.1 Å². The van der Waals surface area contributed by atoms with Gasteiger partial charge in [-0.05, 0) is 62.1 Å². The van der Waals surface area contributed by atoms with Gasteiger partial charge in [-0.2, -0.15) is 0 Å². The van der Waals surface area contributed by atoms with Crippen molar-refractivity contribution in [2.45, 2.75) is 13.8 Å². The lowest BCUT2D eigenvalue weighted by atomic mass is 10.1. The van der Waals surface area contributed by atoms with Crippen LogP contribution < -0.4 is 4.90 Å². The van der Waals surface area contributed by atoms with Gasteiger partial charge in [0.2, 0.25) is 5.91 Å². The van der Waals surface area contributed by atoms with Crippen LogP contribution in [-0.2, 0) is 4.79 Å². The van der Waals surface area contributed by atoms with Crippen LogP contribution in [0.2, 0.25) is 0 Å². The van der Waals surface area contributed by atoms with Crippen molar-refractivity contribution in [1.82, 2.24) is 0 Å². The topological polar surface area (TPSA) is 32.7 Å². The zero-order chi connectivity index (χ0) is 13.7. The molecule has 1 aromatic rings. The molecule has 0 bridgehead atoms. The van der Waals surface area contributed by atoms with E-state index < -0.39 is 0 Å². The molecule has 0 saturated carbocycles. The minimum Gasteiger partial charge on any atom is -0.273 e. The van der Waals surface area contributed by atoms with Crippen LogP contribution in [0.3, 0.4) is 0 Å². The van der Waals surface area contributed by atoms with Gasteiger partial charge in [0.15, 0.2) is 5.17 Å². The van der Waals surface area contributed by atoms with Gasteiger partial charge < -0.3 is 0 Å². The predicted octanol–water partition coefficient (Wildman–Crippen LogP) is 3.90. The van der Waals surface area contributed by atoms with Gasteiger partial charge in [0.1, 0.15) is 5.88 Å². The number of hydrogen-bond acceptors (Lipinski definition) is 3. The fourth-order valence-corrected chi connectivity index (χ4v) is 3.00. The number of carbonyl (C=O) groups excluding carboxylic acids is 1. The van der Waals surface area contributed by atoms with Gasteiger partial charge in [0.05, 0.1) is 5.69 Å². The maximum absolute atomic E-state index is 12.0. The summed E-state index contributed by atoms with van der Waals surface area (Å²) in [5, 5.41) is 0.561. The fourth-order valence-electron chi connectivity index (χ4n) is 1.67. The average molecular weight is 350 g/mol. The number of aliphatic imine (C=N–C) groups is 1. The van der Waals surface area contributed by atoms with Gasteiger partial charge in [-0.25, -0.2) is 0 Å². The van der Waals surface area contributed by atoms with Crippen molar-refractivity contribution >= 4 is 53.4 Å². The summed E-state index contributed by atoms with van der Waals surface area (Å²) in [5.41, 5.74) is 2.96. The Balaban J connectivity index is 3.29. The standard InChI is InChI=1S/C12H14BrClN2OS/c1-8-4-9(2)6-10(5-8)16(11(17)7-14)12(15-3)18-13/h4-6H,7H2,1-3H3/b15-12-. The third-order valence-electron chi connectivity index (χ3n) is 2.28. The molecule has 1 rings (SSSR count). The number of nitrogens with zero attached hydrogens (tertiary/aromatic N) is 2. The molecule has 1 aromatic carbocycles. The molecule has 0 aliphatic carbocycles. The Labute approximate surface area is 124 Å². The molecule has 0 unspecified atom stereocenters. The second-order valence-electron chi connectivity index (χ2n) is 3.79. The number of anilines is 1. The smallest absolute Gasteiger partial charge is 0.248 e. The van der Waals surface area contributed by atoms with Crippen LogP contribution in [0.5, 0.6) is 0 Å². The van der Waals surface area contributed by atoms with E-state index in [0.29, 0.717) is 5.17 Å². The van der Waals surface area contributed by atoms with Gasteiger partial charge in [0, 0.05) is 7.05 Å². The summed E-state index contributed by atoms with van der Waals surface area (Å²) in [7, 11) is 2.88. The maximum Gasteiger partial charge on any atom is 0.248 e. The highest BCUT2D eigenvalue weighted by molar-refractivity contribution is 9.52. The van der Waals surface area contributed by atoms with Crippen LogP contribution >= 0.6 is 36.6 Å². The van der Waals surface area contributed by atoms with E-state index in [1.54, 1.807) is 7.05 Å². The molecule has 0 radical (unpaired) electrons. The maximum atomic E-state index is 12.0. The van der Waals surface area contributed by atoms with Crippen molar-refractivity contribution in [3.63, 3.8) is 0 Å². The van der Waals surface area contributed by atoms with E-state index in [4.69, 9.17) is 11.6 Å². The van der Waals surface area contributed by atoms with Crippen molar-refractivity contribution in [1.29, 1.82) is 0 Å². The Bertz CT molecular complexity index is 459. The second-order valence-corrected chi connectivity index (χ2v) is 5.55. The first-order chi connectivity index (χ1) is 8.53. The molecule has 0 aromatic heterocycles. The molecule has 0 aliphatic rings. The molecule has 0 saturated heterocycles. The zero-order valence-corrected chi connectivity index (χ0v) is 13.6. The average Bonchev–Trinajstić information content (AvgIpc) is 2.33. The van der Waals surface area contributed by atoms with E-state index in [9.17, 15) is 4.79 Å². The van der Waals surface area contributed by atoms with Crippen molar-refractivity contribution in [3.05, 3.63) is 29.3 Å². The molecule has 0 aliphatic heterocycles. The van der Waals surface area contributed by atoms with Crippen molar-refractivity contribution in [2.24, 2.45) is 4.99 Å². The summed E-state index contributed by atoms with van der Waals surface area (Å²) in [4.78, 5) is 17.6. The molecule has 0 N–H and O–H groups in total. The van der Waals surface area contributed by atoms with Gasteiger partial charge in [0.25, 0.3) is 0 Å². The molecule has 18 heavy (non-hydrogen) atoms. The Morgan fingerprint density at radius 3 is 2.33 bits per heavy atom. The third-order valence-corrected chi connectivity index (χ3v) is 3.88. The molecule has 3 nitrogen and oxygen atoms in total. The Hall–Kier alpha value is -0.520. The minimum atomic E-state index is -0.200. The highest BCUT2D eigenvalue weighted by Crippen LogP contribution is 2.25. The van der Waals surface area contributed by atoms with Crippen LogP contribution in [0, 0.1) is 13.8 Å². The van der Waals surface area contributed by atoms with Crippen LogP contribution in [0.4, 0.5) is 5.69 Å². The number of hydrogen-bond donors (Lipinski definition) is 0. The molecule has 0 atom stereocenters. The Morgan fingerprint density at radius 2 is 1.94 bits per heavy atom. The van der Waals surface area contributed by atoms with Gasteiger partial charge in [-0.1, -0.05) is 6.07 Å². The highest BCUT2D eigenvalue weighted by atomic mass is 79.9. The van der Waals surface area contributed by atoms with Gasteiger partial charge >= 0.3 is 0 Å². The molecule has 0 fully saturated rings. The Kier molecular flexibility index (Phi) is 6.18. The third kappa shape index (κ3) is 3.73. The lowest BCUT2D eigenvalue weighted by molar-refractivity contribution is -0.115. The first kappa shape index (κ1) is 15.5. The summed E-state index contributed by atoms with van der Waals surface area (Å²) in [6.07, 6.45) is 0. The predicted molar refractivity (Wildman–Crippen MR) is 84.0 cm³/mol. The van der Waals surface area contributed by atoms with Crippen molar-refractivity contribution < 1.29 is 4.79 Å². The first-order valence-corrected chi connectivity index (χ1v) is 8.45. The fraction of sp³-hybridized carbons (Fsp3) is 0.333. The lowest BCUT2D eigenvalue weighted by Gasteiger charge is -2.22. The monoisotopic (exact) mass is 348 g/mol. The van der Waals surface area contributed by atoms with E-state index >= 15 is 0 Å². The first-order valence-electron chi connectivity index (χ1n) is 5.26. The number of amides is 1. The SMILES string of the molecule is C/N=C(\SBr)N(C(=O)CCl)c1cc(C)cc(C)c1. The number of benzene rings is 1. The molecular formula is C12H14BrClN2OS. The summed E-state index contributed by atoms with van der Waals surface area (Å²) in [5.74, 6) is -0.284. The second kappa shape index (κ2) is 7.16. The zero-order valence-electron chi connectivity index (χ0n) is 10.4. The summed E-state index contributed by atoms with van der Waals surface area (Å²) in [6, 6.07) is 5.93. The largest absolute Gasteiger partial charge is 0.273 e. The van der Waals surface area contributed by atoms with Crippen LogP contribution in [0.15, 0.2) is 23.2 Å². The molecule has 6 heteroatoms. The van der Waals surface area contributed by atoms with Crippen molar-refractivity contribution in [2.75, 3.05) is 17.8 Å². The van der Waals surface area contributed by atoms with E-state index in [2.05, 4.69) is 25.9 Å². The molecule has 98 valence electrons. The van der Waals surface area contributed by atoms with E-state index in [0.717, 1.165) is 16.8 Å². The van der Waals surface area contributed by atoms with Gasteiger partial charge in [-0.15, -0.1) is 11.6 Å². The van der Waals surface area contributed by atoms with Crippen LogP contribution in [0.1, 0.15) is 11.1 Å². The molecule has 0 heterocycles. The summed E-state index contributed by atoms with van der Waals surface area (Å²) < 4.78 is 0. The quantitative estimate of drug-likeness (QED) is 0.461. The van der Waals surface area contributed by atoms with Crippen LogP contribution in [-0.4, -0.2) is 24.0 Å². The number of halogens is 2. The molecule has 0 spiro atoms. The Morgan fingerprint density at radius 1 is 1.39 bits per heavy atom. The van der Waals surface area contributed by atoms with Crippen LogP contribution in [0.25, 0.3) is 0 Å². The summed E-state index contributed by atoms with van der Waals surface area (Å²) in [6.45, 7) is 3.98. The number of rotatable bonds is 2. The number of amidine groups is 1. The number of alkyl halides is 1. The lowest BCUT2D eigenvalue weighted by Crippen LogP contribution is -2.35. The minimum absolute atomic E-state index is 0.0838. The number of carbonyl (C=O) groups is 1. The van der Waals surface area contributed by atoms with E-state index in [-0.39, 0.29) is 11.8 Å². The molecule has 1 amide bonds. The van der Waals surface area contributed by atoms with E-state index in [1.807, 2.05) is 26.0 Å². The normalized spacial score (nSPS) is 11.5. The van der Waals surface area contributed by atoms with Crippen molar-refractivity contribution in [3.8, 4) is 0 Å². The highest BCUT2D eigenvalue weighted by Gasteiger charge is 2.20. The number of aryl methyl sites for hydroxylation is 2.